The van der Waals surface area contributed by atoms with Crippen LogP contribution in [0.5, 0.6) is 0 Å². The molecule has 0 unspecified atom stereocenters. The number of amides is 1. The molecule has 0 aliphatic rings. The summed E-state index contributed by atoms with van der Waals surface area (Å²) in [6.45, 7) is 0.205. The van der Waals surface area contributed by atoms with E-state index in [0.29, 0.717) is 21.9 Å². The lowest BCUT2D eigenvalue weighted by atomic mass is 10.2. The lowest BCUT2D eigenvalue weighted by Crippen LogP contribution is -2.31. The second-order valence-electron chi connectivity index (χ2n) is 5.73. The van der Waals surface area contributed by atoms with Crippen LogP contribution in [0.3, 0.4) is 0 Å². The highest BCUT2D eigenvalue weighted by molar-refractivity contribution is 7.15. The van der Waals surface area contributed by atoms with Gasteiger partial charge in [-0.3, -0.25) is 19.0 Å². The number of nitrogens with zero attached hydrogens (tertiary/aromatic N) is 3. The lowest BCUT2D eigenvalue weighted by molar-refractivity contribution is 0.0948. The predicted octanol–water partition coefficient (Wildman–Crippen LogP) is 2.89. The zero-order valence-corrected chi connectivity index (χ0v) is 14.7. The van der Waals surface area contributed by atoms with E-state index < -0.39 is 11.5 Å². The SMILES string of the molecule is O=C(NCc1ccccn1)c1cnc2scc(-c3ccc(F)cc3)n2c1=O. The molecule has 0 aliphatic heterocycles. The molecule has 0 saturated carbocycles. The summed E-state index contributed by atoms with van der Waals surface area (Å²) in [5.41, 5.74) is 1.37. The van der Waals surface area contributed by atoms with Gasteiger partial charge in [0.25, 0.3) is 11.5 Å². The van der Waals surface area contributed by atoms with Gasteiger partial charge in [-0.1, -0.05) is 6.07 Å². The molecule has 134 valence electrons. The number of halogens is 1. The van der Waals surface area contributed by atoms with Crippen molar-refractivity contribution in [2.45, 2.75) is 6.54 Å². The molecule has 6 nitrogen and oxygen atoms in total. The molecule has 1 amide bonds. The third-order valence-corrected chi connectivity index (χ3v) is 4.83. The fourth-order valence-electron chi connectivity index (χ4n) is 2.64. The van der Waals surface area contributed by atoms with Crippen LogP contribution in [0.25, 0.3) is 16.2 Å². The molecular formula is C19H13FN4O2S. The summed E-state index contributed by atoms with van der Waals surface area (Å²) in [5.74, 6) is -0.887. The summed E-state index contributed by atoms with van der Waals surface area (Å²) in [6.07, 6.45) is 2.90. The van der Waals surface area contributed by atoms with E-state index in [2.05, 4.69) is 15.3 Å². The quantitative estimate of drug-likeness (QED) is 0.591. The molecule has 0 saturated heterocycles. The average Bonchev–Trinajstić information content (AvgIpc) is 3.13. The molecule has 1 aromatic carbocycles. The summed E-state index contributed by atoms with van der Waals surface area (Å²) in [7, 11) is 0. The molecule has 0 bridgehead atoms. The van der Waals surface area contributed by atoms with Crippen LogP contribution in [0.2, 0.25) is 0 Å². The van der Waals surface area contributed by atoms with Crippen LogP contribution >= 0.6 is 11.3 Å². The molecular weight excluding hydrogens is 367 g/mol. The lowest BCUT2D eigenvalue weighted by Gasteiger charge is -2.06. The minimum Gasteiger partial charge on any atom is -0.346 e. The molecule has 0 atom stereocenters. The Morgan fingerprint density at radius 1 is 1.15 bits per heavy atom. The first-order chi connectivity index (χ1) is 13.1. The maximum absolute atomic E-state index is 13.2. The Bertz CT molecular complexity index is 1170. The van der Waals surface area contributed by atoms with E-state index >= 15 is 0 Å². The van der Waals surface area contributed by atoms with Crippen LogP contribution in [-0.2, 0) is 6.54 Å². The highest BCUT2D eigenvalue weighted by Crippen LogP contribution is 2.24. The zero-order chi connectivity index (χ0) is 18.8. The Hall–Kier alpha value is -3.39. The summed E-state index contributed by atoms with van der Waals surface area (Å²) >= 11 is 1.27. The number of hydrogen-bond acceptors (Lipinski definition) is 5. The zero-order valence-electron chi connectivity index (χ0n) is 13.9. The summed E-state index contributed by atoms with van der Waals surface area (Å²) in [4.78, 5) is 34.1. The average molecular weight is 380 g/mol. The van der Waals surface area contributed by atoms with Crippen LogP contribution in [0.4, 0.5) is 4.39 Å². The van der Waals surface area contributed by atoms with E-state index in [0.717, 1.165) is 0 Å². The van der Waals surface area contributed by atoms with Gasteiger partial charge < -0.3 is 5.32 Å². The number of aromatic nitrogens is 3. The molecule has 4 aromatic rings. The van der Waals surface area contributed by atoms with Gasteiger partial charge in [-0.25, -0.2) is 9.37 Å². The number of thiazole rings is 1. The topological polar surface area (TPSA) is 76.4 Å². The van der Waals surface area contributed by atoms with Gasteiger partial charge in [0.15, 0.2) is 4.96 Å². The fraction of sp³-hybridized carbons (Fsp3) is 0.0526. The predicted molar refractivity (Wildman–Crippen MR) is 100 cm³/mol. The Labute approximate surface area is 157 Å². The molecule has 0 aliphatic carbocycles. The maximum Gasteiger partial charge on any atom is 0.271 e. The molecule has 0 radical (unpaired) electrons. The Balaban J connectivity index is 1.69. The molecule has 3 heterocycles. The maximum atomic E-state index is 13.2. The van der Waals surface area contributed by atoms with Gasteiger partial charge >= 0.3 is 0 Å². The number of fused-ring (bicyclic) bond motifs is 1. The third-order valence-electron chi connectivity index (χ3n) is 3.99. The largest absolute Gasteiger partial charge is 0.346 e. The van der Waals surface area contributed by atoms with Crippen molar-refractivity contribution in [3.63, 3.8) is 0 Å². The molecule has 8 heteroatoms. The first-order valence-electron chi connectivity index (χ1n) is 8.07. The van der Waals surface area contributed by atoms with Gasteiger partial charge in [0.2, 0.25) is 0 Å². The molecule has 0 fully saturated rings. The molecule has 3 aromatic heterocycles. The second-order valence-corrected chi connectivity index (χ2v) is 6.56. The molecule has 4 rings (SSSR count). The van der Waals surface area contributed by atoms with Crippen molar-refractivity contribution in [2.24, 2.45) is 0 Å². The number of benzene rings is 1. The van der Waals surface area contributed by atoms with Gasteiger partial charge in [-0.2, -0.15) is 0 Å². The van der Waals surface area contributed by atoms with Crippen molar-refractivity contribution in [1.82, 2.24) is 19.7 Å². The van der Waals surface area contributed by atoms with Crippen LogP contribution in [0, 0.1) is 5.82 Å². The highest BCUT2D eigenvalue weighted by Gasteiger charge is 2.17. The first-order valence-corrected chi connectivity index (χ1v) is 8.95. The van der Waals surface area contributed by atoms with E-state index in [-0.39, 0.29) is 17.9 Å². The van der Waals surface area contributed by atoms with Crippen molar-refractivity contribution in [3.8, 4) is 11.3 Å². The second kappa shape index (κ2) is 7.08. The third kappa shape index (κ3) is 3.34. The van der Waals surface area contributed by atoms with Gasteiger partial charge in [0.1, 0.15) is 11.4 Å². The van der Waals surface area contributed by atoms with Gasteiger partial charge in [-0.15, -0.1) is 11.3 Å². The van der Waals surface area contributed by atoms with Gasteiger partial charge in [0, 0.05) is 17.8 Å². The summed E-state index contributed by atoms with van der Waals surface area (Å²) in [5, 5.41) is 4.44. The summed E-state index contributed by atoms with van der Waals surface area (Å²) in [6, 6.07) is 11.2. The highest BCUT2D eigenvalue weighted by atomic mass is 32.1. The fourth-order valence-corrected chi connectivity index (χ4v) is 3.50. The van der Waals surface area contributed by atoms with Gasteiger partial charge in [0.05, 0.1) is 17.9 Å². The van der Waals surface area contributed by atoms with Crippen molar-refractivity contribution in [1.29, 1.82) is 0 Å². The van der Waals surface area contributed by atoms with Crippen LogP contribution < -0.4 is 10.9 Å². The van der Waals surface area contributed by atoms with Crippen molar-refractivity contribution in [2.75, 3.05) is 0 Å². The number of hydrogen-bond donors (Lipinski definition) is 1. The Morgan fingerprint density at radius 2 is 1.96 bits per heavy atom. The monoisotopic (exact) mass is 380 g/mol. The number of rotatable bonds is 4. The van der Waals surface area contributed by atoms with E-state index in [1.54, 1.807) is 35.8 Å². The van der Waals surface area contributed by atoms with Crippen molar-refractivity contribution >= 4 is 22.2 Å². The number of carbonyl (C=O) groups is 1. The van der Waals surface area contributed by atoms with E-state index in [1.807, 2.05) is 6.07 Å². The summed E-state index contributed by atoms with van der Waals surface area (Å²) < 4.78 is 14.5. The van der Waals surface area contributed by atoms with E-state index in [1.165, 1.54) is 34.1 Å². The Kier molecular flexibility index (Phi) is 4.47. The number of nitrogens with one attached hydrogen (secondary N) is 1. The molecule has 1 N–H and O–H groups in total. The van der Waals surface area contributed by atoms with Gasteiger partial charge in [-0.05, 0) is 42.0 Å². The number of pyridine rings is 1. The molecule has 27 heavy (non-hydrogen) atoms. The van der Waals surface area contributed by atoms with Crippen LogP contribution in [0.1, 0.15) is 16.1 Å². The normalized spacial score (nSPS) is 10.9. The Morgan fingerprint density at radius 3 is 2.70 bits per heavy atom. The number of carbonyl (C=O) groups excluding carboxylic acids is 1. The van der Waals surface area contributed by atoms with E-state index in [4.69, 9.17) is 0 Å². The molecule has 0 spiro atoms. The van der Waals surface area contributed by atoms with Crippen LogP contribution in [0.15, 0.2) is 65.0 Å². The first kappa shape index (κ1) is 17.0. The van der Waals surface area contributed by atoms with E-state index in [9.17, 15) is 14.0 Å². The van der Waals surface area contributed by atoms with Crippen LogP contribution in [-0.4, -0.2) is 20.3 Å². The standard InChI is InChI=1S/C19H13FN4O2S/c20-13-6-4-12(5-7-13)16-11-27-19-23-10-15(18(26)24(16)19)17(25)22-9-14-3-1-2-8-21-14/h1-8,10-11H,9H2,(H,22,25). The smallest absolute Gasteiger partial charge is 0.271 e. The minimum atomic E-state index is -0.524. The van der Waals surface area contributed by atoms with Crippen molar-refractivity contribution in [3.05, 3.63) is 87.7 Å². The minimum absolute atomic E-state index is 0.0646. The van der Waals surface area contributed by atoms with Crippen molar-refractivity contribution < 1.29 is 9.18 Å².